The predicted molar refractivity (Wildman–Crippen MR) is 64.1 cm³/mol. The number of aromatic nitrogens is 2. The minimum absolute atomic E-state index is 0.238. The summed E-state index contributed by atoms with van der Waals surface area (Å²) in [5, 5.41) is 26.3. The van der Waals surface area contributed by atoms with Gasteiger partial charge < -0.3 is 20.8 Å². The van der Waals surface area contributed by atoms with Gasteiger partial charge >= 0.3 is 6.03 Å². The third-order valence-corrected chi connectivity index (χ3v) is 2.65. The maximum Gasteiger partial charge on any atom is 0.320 e. The van der Waals surface area contributed by atoms with E-state index in [0.717, 1.165) is 5.56 Å². The van der Waals surface area contributed by atoms with Gasteiger partial charge in [0.25, 0.3) is 0 Å². The molecule has 0 unspecified atom stereocenters. The van der Waals surface area contributed by atoms with Crippen LogP contribution in [0.15, 0.2) is 6.20 Å². The molecule has 0 aromatic carbocycles. The molecule has 1 aliphatic heterocycles. The minimum Gasteiger partial charge on any atom is -0.394 e. The van der Waals surface area contributed by atoms with Crippen LogP contribution in [0.1, 0.15) is 12.5 Å². The molecule has 0 bridgehead atoms. The first kappa shape index (κ1) is 12.5. The summed E-state index contributed by atoms with van der Waals surface area (Å²) < 4.78 is 0. The molecule has 0 saturated heterocycles. The molecule has 2 heterocycles. The fourth-order valence-electron chi connectivity index (χ4n) is 1.43. The van der Waals surface area contributed by atoms with Crippen molar-refractivity contribution < 1.29 is 15.0 Å². The molecular weight excluding hydrogens is 238 g/mol. The molecule has 1 aliphatic rings. The highest BCUT2D eigenvalue weighted by Crippen LogP contribution is 2.18. The number of aliphatic hydroxyl groups excluding tert-OH is 2. The summed E-state index contributed by atoms with van der Waals surface area (Å²) in [6.45, 7) is 1.48. The number of nitrogens with one attached hydrogen (secondary N) is 3. The molecule has 8 nitrogen and oxygen atoms in total. The Morgan fingerprint density at radius 2 is 2.22 bits per heavy atom. The normalized spacial score (nSPS) is 14.5. The smallest absolute Gasteiger partial charge is 0.320 e. The van der Waals surface area contributed by atoms with Gasteiger partial charge in [0.2, 0.25) is 5.95 Å². The van der Waals surface area contributed by atoms with Gasteiger partial charge in [0.05, 0.1) is 18.8 Å². The highest BCUT2D eigenvalue weighted by molar-refractivity contribution is 5.91. The number of aliphatic hydroxyl groups is 2. The second kappa shape index (κ2) is 4.75. The second-order valence-electron chi connectivity index (χ2n) is 4.38. The lowest BCUT2D eigenvalue weighted by molar-refractivity contribution is 0.147. The number of anilines is 2. The molecular formula is C10H15N5O3. The highest BCUT2D eigenvalue weighted by Gasteiger charge is 2.24. The number of rotatable bonds is 4. The number of fused-ring (bicyclic) bond motifs is 1. The lowest BCUT2D eigenvalue weighted by Gasteiger charge is -2.26. The lowest BCUT2D eigenvalue weighted by Crippen LogP contribution is -2.43. The second-order valence-corrected chi connectivity index (χ2v) is 4.38. The van der Waals surface area contributed by atoms with Gasteiger partial charge in [0, 0.05) is 18.3 Å². The molecule has 0 spiro atoms. The molecule has 1 aromatic rings. The summed E-state index contributed by atoms with van der Waals surface area (Å²) in [6, 6.07) is -0.320. The van der Waals surface area contributed by atoms with Crippen LogP contribution >= 0.6 is 0 Å². The Kier molecular flexibility index (Phi) is 3.30. The average molecular weight is 253 g/mol. The quantitative estimate of drug-likeness (QED) is 0.482. The number of urea groups is 1. The van der Waals surface area contributed by atoms with E-state index < -0.39 is 5.54 Å². The third kappa shape index (κ3) is 2.49. The van der Waals surface area contributed by atoms with Gasteiger partial charge in [-0.2, -0.15) is 4.98 Å². The molecule has 18 heavy (non-hydrogen) atoms. The molecule has 2 rings (SSSR count). The molecule has 98 valence electrons. The van der Waals surface area contributed by atoms with Gasteiger partial charge in [0.15, 0.2) is 0 Å². The van der Waals surface area contributed by atoms with E-state index in [9.17, 15) is 4.79 Å². The summed E-state index contributed by atoms with van der Waals surface area (Å²) in [7, 11) is 0. The topological polar surface area (TPSA) is 119 Å². The Balaban J connectivity index is 2.21. The fourth-order valence-corrected chi connectivity index (χ4v) is 1.43. The number of hydrogen-bond donors (Lipinski definition) is 5. The zero-order valence-electron chi connectivity index (χ0n) is 9.90. The van der Waals surface area contributed by atoms with Crippen molar-refractivity contribution in [1.29, 1.82) is 0 Å². The Labute approximate surface area is 103 Å². The minimum atomic E-state index is -0.912. The largest absolute Gasteiger partial charge is 0.394 e. The van der Waals surface area contributed by atoms with Crippen molar-refractivity contribution in [1.82, 2.24) is 15.3 Å². The van der Waals surface area contributed by atoms with Crippen LogP contribution in [0.2, 0.25) is 0 Å². The van der Waals surface area contributed by atoms with E-state index in [-0.39, 0.29) is 25.2 Å². The Morgan fingerprint density at radius 1 is 1.50 bits per heavy atom. The van der Waals surface area contributed by atoms with Gasteiger partial charge in [-0.05, 0) is 6.92 Å². The van der Waals surface area contributed by atoms with Crippen LogP contribution < -0.4 is 16.0 Å². The van der Waals surface area contributed by atoms with E-state index in [1.807, 2.05) is 0 Å². The average Bonchev–Trinajstić information content (AvgIpc) is 2.38. The van der Waals surface area contributed by atoms with Crippen molar-refractivity contribution in [3.8, 4) is 0 Å². The lowest BCUT2D eigenvalue weighted by atomic mass is 10.1. The number of amides is 2. The highest BCUT2D eigenvalue weighted by atomic mass is 16.3. The summed E-state index contributed by atoms with van der Waals surface area (Å²) in [5.41, 5.74) is -0.139. The van der Waals surface area contributed by atoms with Gasteiger partial charge in [-0.25, -0.2) is 9.78 Å². The Bertz CT molecular complexity index is 461. The van der Waals surface area contributed by atoms with Crippen LogP contribution in [-0.2, 0) is 6.54 Å². The molecule has 5 N–H and O–H groups in total. The maximum atomic E-state index is 11.2. The Morgan fingerprint density at radius 3 is 2.89 bits per heavy atom. The number of carbonyl (C=O) groups excluding carboxylic acids is 1. The fraction of sp³-hybridized carbons (Fsp3) is 0.500. The summed E-state index contributed by atoms with van der Waals surface area (Å²) in [5.74, 6) is 0.663. The van der Waals surface area contributed by atoms with Crippen molar-refractivity contribution >= 4 is 17.8 Å². The molecule has 0 fully saturated rings. The van der Waals surface area contributed by atoms with Crippen molar-refractivity contribution in [2.24, 2.45) is 0 Å². The predicted octanol–water partition coefficient (Wildman–Crippen LogP) is -0.733. The van der Waals surface area contributed by atoms with E-state index in [0.29, 0.717) is 12.4 Å². The van der Waals surface area contributed by atoms with Crippen molar-refractivity contribution in [2.75, 3.05) is 23.8 Å². The molecule has 0 atom stereocenters. The van der Waals surface area contributed by atoms with Gasteiger partial charge in [-0.3, -0.25) is 5.32 Å². The number of nitrogens with zero attached hydrogens (tertiary/aromatic N) is 2. The van der Waals surface area contributed by atoms with Gasteiger partial charge in [-0.15, -0.1) is 0 Å². The molecule has 0 saturated carbocycles. The molecule has 8 heteroatoms. The zero-order chi connectivity index (χ0) is 13.2. The summed E-state index contributed by atoms with van der Waals surface area (Å²) in [4.78, 5) is 19.3. The van der Waals surface area contributed by atoms with E-state index in [1.165, 1.54) is 0 Å². The van der Waals surface area contributed by atoms with Gasteiger partial charge in [0.1, 0.15) is 5.82 Å². The number of carbonyl (C=O) groups is 1. The summed E-state index contributed by atoms with van der Waals surface area (Å²) >= 11 is 0. The van der Waals surface area contributed by atoms with E-state index in [2.05, 4.69) is 25.9 Å². The first-order chi connectivity index (χ1) is 8.56. The zero-order valence-corrected chi connectivity index (χ0v) is 9.90. The monoisotopic (exact) mass is 253 g/mol. The number of hydrogen-bond acceptors (Lipinski definition) is 6. The molecule has 1 aromatic heterocycles. The van der Waals surface area contributed by atoms with Crippen LogP contribution in [0.4, 0.5) is 16.6 Å². The molecule has 0 radical (unpaired) electrons. The van der Waals surface area contributed by atoms with Gasteiger partial charge in [-0.1, -0.05) is 0 Å². The Hall–Kier alpha value is -1.93. The third-order valence-electron chi connectivity index (χ3n) is 2.65. The van der Waals surface area contributed by atoms with Crippen LogP contribution in [0.3, 0.4) is 0 Å². The van der Waals surface area contributed by atoms with Crippen LogP contribution in [0, 0.1) is 0 Å². The van der Waals surface area contributed by atoms with Crippen LogP contribution in [-0.4, -0.2) is 45.0 Å². The summed E-state index contributed by atoms with van der Waals surface area (Å²) in [6.07, 6.45) is 1.58. The van der Waals surface area contributed by atoms with Crippen LogP contribution in [0.25, 0.3) is 0 Å². The van der Waals surface area contributed by atoms with Crippen molar-refractivity contribution in [3.05, 3.63) is 11.8 Å². The first-order valence-electron chi connectivity index (χ1n) is 5.47. The molecule has 0 aliphatic carbocycles. The maximum absolute atomic E-state index is 11.2. The van der Waals surface area contributed by atoms with E-state index >= 15 is 0 Å². The standard InChI is InChI=1S/C10H15N5O3/c1-10(4-16,5-17)15-8-11-2-6-3-12-9(18)14-7(6)13-8/h2,16-17H,3-5H2,1H3,(H3,11,12,13,14,15,18). The molecule has 2 amide bonds. The van der Waals surface area contributed by atoms with E-state index in [4.69, 9.17) is 10.2 Å². The van der Waals surface area contributed by atoms with Crippen molar-refractivity contribution in [3.63, 3.8) is 0 Å². The SMILES string of the molecule is CC(CO)(CO)Nc1ncc2c(n1)NC(=O)NC2. The van der Waals surface area contributed by atoms with Crippen molar-refractivity contribution in [2.45, 2.75) is 19.0 Å². The first-order valence-corrected chi connectivity index (χ1v) is 5.47. The van der Waals surface area contributed by atoms with E-state index in [1.54, 1.807) is 13.1 Å². The van der Waals surface area contributed by atoms with Crippen LogP contribution in [0.5, 0.6) is 0 Å².